The molecule has 0 radical (unpaired) electrons. The predicted molar refractivity (Wildman–Crippen MR) is 101 cm³/mol. The third kappa shape index (κ3) is 5.50. The fraction of sp³-hybridized carbons (Fsp3) is 0.316. The number of amides is 2. The first-order valence-corrected chi connectivity index (χ1v) is 8.70. The van der Waals surface area contributed by atoms with Gasteiger partial charge in [0.1, 0.15) is 12.6 Å². The number of carbonyl (C=O) groups is 3. The molecule has 0 aliphatic rings. The first-order chi connectivity index (χ1) is 13.3. The summed E-state index contributed by atoms with van der Waals surface area (Å²) in [6.45, 7) is 2.39. The lowest BCUT2D eigenvalue weighted by atomic mass is 10.1. The van der Waals surface area contributed by atoms with E-state index < -0.39 is 30.0 Å². The van der Waals surface area contributed by atoms with Crippen molar-refractivity contribution in [1.82, 2.24) is 20.0 Å². The maximum Gasteiger partial charge on any atom is 0.326 e. The van der Waals surface area contributed by atoms with Crippen LogP contribution in [0.5, 0.6) is 0 Å². The first kappa shape index (κ1) is 20.8. The van der Waals surface area contributed by atoms with Crippen molar-refractivity contribution in [2.75, 3.05) is 13.1 Å². The molecule has 1 unspecified atom stereocenters. The molecule has 0 spiro atoms. The van der Waals surface area contributed by atoms with Gasteiger partial charge in [-0.05, 0) is 13.0 Å². The van der Waals surface area contributed by atoms with Crippen molar-refractivity contribution >= 4 is 17.8 Å². The third-order valence-electron chi connectivity index (χ3n) is 4.09. The molecule has 0 saturated carbocycles. The molecule has 0 bridgehead atoms. The van der Waals surface area contributed by atoms with E-state index in [1.807, 2.05) is 30.3 Å². The molecule has 2 rings (SSSR count). The highest BCUT2D eigenvalue weighted by Gasteiger charge is 2.26. The zero-order valence-corrected chi connectivity index (χ0v) is 15.7. The number of carboxylic acid groups (broad SMARTS) is 1. The van der Waals surface area contributed by atoms with Gasteiger partial charge in [0.2, 0.25) is 11.8 Å². The van der Waals surface area contributed by atoms with Crippen molar-refractivity contribution in [1.29, 1.82) is 0 Å². The van der Waals surface area contributed by atoms with Crippen LogP contribution in [0.15, 0.2) is 47.3 Å². The molecule has 0 fully saturated rings. The number of aromatic nitrogens is 2. The van der Waals surface area contributed by atoms with E-state index in [2.05, 4.69) is 10.4 Å². The van der Waals surface area contributed by atoms with Crippen LogP contribution >= 0.6 is 0 Å². The minimum atomic E-state index is -1.19. The van der Waals surface area contributed by atoms with Crippen LogP contribution < -0.4 is 10.9 Å². The number of hydrogen-bond acceptors (Lipinski definition) is 5. The topological polar surface area (TPSA) is 122 Å². The van der Waals surface area contributed by atoms with Gasteiger partial charge in [0.25, 0.3) is 5.56 Å². The van der Waals surface area contributed by atoms with Crippen LogP contribution in [0.3, 0.4) is 0 Å². The highest BCUT2D eigenvalue weighted by molar-refractivity contribution is 5.83. The van der Waals surface area contributed by atoms with E-state index in [9.17, 15) is 24.3 Å². The van der Waals surface area contributed by atoms with E-state index in [0.717, 1.165) is 15.1 Å². The molecule has 0 saturated heterocycles. The zero-order valence-electron chi connectivity index (χ0n) is 15.7. The van der Waals surface area contributed by atoms with Crippen molar-refractivity contribution < 1.29 is 19.5 Å². The highest BCUT2D eigenvalue weighted by Crippen LogP contribution is 2.14. The Labute approximate surface area is 161 Å². The zero-order chi connectivity index (χ0) is 20.7. The molecule has 0 aliphatic carbocycles. The second-order valence-corrected chi connectivity index (χ2v) is 6.16. The van der Waals surface area contributed by atoms with Crippen molar-refractivity contribution in [2.45, 2.75) is 26.4 Å². The summed E-state index contributed by atoms with van der Waals surface area (Å²) in [4.78, 5) is 48.3. The first-order valence-electron chi connectivity index (χ1n) is 8.70. The number of nitrogens with zero attached hydrogens (tertiary/aromatic N) is 3. The van der Waals surface area contributed by atoms with Gasteiger partial charge < -0.3 is 15.3 Å². The normalized spacial score (nSPS) is 11.5. The number of aliphatic carboxylic acids is 1. The third-order valence-corrected chi connectivity index (χ3v) is 4.09. The molecule has 9 nitrogen and oxygen atoms in total. The molecule has 1 aromatic heterocycles. The van der Waals surface area contributed by atoms with Gasteiger partial charge in [-0.1, -0.05) is 30.3 Å². The van der Waals surface area contributed by atoms with Crippen molar-refractivity contribution in [3.05, 3.63) is 52.8 Å². The van der Waals surface area contributed by atoms with Gasteiger partial charge in [-0.2, -0.15) is 5.10 Å². The molecule has 0 aliphatic heterocycles. The Bertz CT molecular complexity index is 910. The van der Waals surface area contributed by atoms with Crippen molar-refractivity contribution in [3.8, 4) is 11.3 Å². The minimum absolute atomic E-state index is 0.000986. The number of nitrogens with one attached hydrogen (secondary N) is 1. The Morgan fingerprint density at radius 2 is 1.86 bits per heavy atom. The molecule has 148 valence electrons. The van der Waals surface area contributed by atoms with E-state index >= 15 is 0 Å². The summed E-state index contributed by atoms with van der Waals surface area (Å²) in [5.41, 5.74) is 0.826. The lowest BCUT2D eigenvalue weighted by molar-refractivity contribution is -0.149. The number of hydrogen-bond donors (Lipinski definition) is 2. The SMILES string of the molecule is CC(=O)NCCN(C(=O)Cn1nc(-c2ccccc2)ccc1=O)C(C)C(=O)O. The van der Waals surface area contributed by atoms with E-state index in [0.29, 0.717) is 5.69 Å². The summed E-state index contributed by atoms with van der Waals surface area (Å²) in [6, 6.07) is 10.9. The van der Waals surface area contributed by atoms with Gasteiger partial charge in [-0.25, -0.2) is 9.48 Å². The fourth-order valence-corrected chi connectivity index (χ4v) is 2.56. The average Bonchev–Trinajstić information content (AvgIpc) is 2.66. The lowest BCUT2D eigenvalue weighted by Gasteiger charge is -2.26. The molecule has 2 aromatic rings. The number of carbonyl (C=O) groups excluding carboxylic acids is 2. The van der Waals surface area contributed by atoms with E-state index in [-0.39, 0.29) is 19.0 Å². The summed E-state index contributed by atoms with van der Waals surface area (Å²) in [7, 11) is 0. The van der Waals surface area contributed by atoms with Crippen LogP contribution in [-0.2, 0) is 20.9 Å². The lowest BCUT2D eigenvalue weighted by Crippen LogP contribution is -2.48. The highest BCUT2D eigenvalue weighted by atomic mass is 16.4. The van der Waals surface area contributed by atoms with Crippen LogP contribution in [-0.4, -0.2) is 56.7 Å². The maximum atomic E-state index is 12.7. The minimum Gasteiger partial charge on any atom is -0.480 e. The summed E-state index contributed by atoms with van der Waals surface area (Å²) in [5, 5.41) is 16.0. The van der Waals surface area contributed by atoms with Gasteiger partial charge >= 0.3 is 5.97 Å². The molecule has 9 heteroatoms. The quantitative estimate of drug-likeness (QED) is 0.675. The van der Waals surface area contributed by atoms with Gasteiger partial charge in [-0.3, -0.25) is 14.4 Å². The van der Waals surface area contributed by atoms with Gasteiger partial charge in [0.15, 0.2) is 0 Å². The molecular weight excluding hydrogens is 364 g/mol. The molecule has 1 heterocycles. The Balaban J connectivity index is 2.23. The predicted octanol–water partition coefficient (Wildman–Crippen LogP) is 0.348. The van der Waals surface area contributed by atoms with Gasteiger partial charge in [-0.15, -0.1) is 0 Å². The second-order valence-electron chi connectivity index (χ2n) is 6.16. The Morgan fingerprint density at radius 3 is 2.46 bits per heavy atom. The van der Waals surface area contributed by atoms with Crippen LogP contribution in [0, 0.1) is 0 Å². The Hall–Kier alpha value is -3.49. The number of carboxylic acids is 1. The molecule has 28 heavy (non-hydrogen) atoms. The van der Waals surface area contributed by atoms with E-state index in [1.54, 1.807) is 6.07 Å². The summed E-state index contributed by atoms with van der Waals surface area (Å²) in [5.74, 6) is -2.06. The van der Waals surface area contributed by atoms with Crippen molar-refractivity contribution in [3.63, 3.8) is 0 Å². The molecule has 2 amide bonds. The van der Waals surface area contributed by atoms with Gasteiger partial charge in [0.05, 0.1) is 5.69 Å². The van der Waals surface area contributed by atoms with E-state index in [4.69, 9.17) is 0 Å². The second kappa shape index (κ2) is 9.45. The summed E-state index contributed by atoms with van der Waals surface area (Å²) in [6.07, 6.45) is 0. The average molecular weight is 386 g/mol. The van der Waals surface area contributed by atoms with Crippen LogP contribution in [0.2, 0.25) is 0 Å². The standard InChI is InChI=1S/C19H22N4O5/c1-13(19(27)28)22(11-10-20-14(2)24)18(26)12-23-17(25)9-8-16(21-23)15-6-4-3-5-7-15/h3-9,13H,10-12H2,1-2H3,(H,20,24)(H,27,28). The molecular formula is C19H22N4O5. The smallest absolute Gasteiger partial charge is 0.326 e. The van der Waals surface area contributed by atoms with Crippen LogP contribution in [0.4, 0.5) is 0 Å². The van der Waals surface area contributed by atoms with E-state index in [1.165, 1.54) is 19.9 Å². The number of rotatable bonds is 8. The maximum absolute atomic E-state index is 12.7. The molecule has 1 atom stereocenters. The van der Waals surface area contributed by atoms with Crippen molar-refractivity contribution in [2.24, 2.45) is 0 Å². The fourth-order valence-electron chi connectivity index (χ4n) is 2.56. The van der Waals surface area contributed by atoms with Crippen LogP contribution in [0.1, 0.15) is 13.8 Å². The summed E-state index contributed by atoms with van der Waals surface area (Å²) < 4.78 is 1.00. The Kier molecular flexibility index (Phi) is 7.02. The monoisotopic (exact) mass is 386 g/mol. The summed E-state index contributed by atoms with van der Waals surface area (Å²) >= 11 is 0. The molecule has 1 aromatic carbocycles. The van der Waals surface area contributed by atoms with Gasteiger partial charge in [0, 0.05) is 31.6 Å². The molecule has 2 N–H and O–H groups in total. The largest absolute Gasteiger partial charge is 0.480 e. The Morgan fingerprint density at radius 1 is 1.18 bits per heavy atom. The number of benzene rings is 1. The van der Waals surface area contributed by atoms with Crippen LogP contribution in [0.25, 0.3) is 11.3 Å².